The number of nitrogens with zero attached hydrogens (tertiary/aromatic N) is 2. The van der Waals surface area contributed by atoms with Gasteiger partial charge in [0.25, 0.3) is 0 Å². The largest absolute Gasteiger partial charge is 0.490 e. The van der Waals surface area contributed by atoms with Crippen LogP contribution in [0.15, 0.2) is 85.5 Å². The van der Waals surface area contributed by atoms with Gasteiger partial charge in [-0.2, -0.15) is 0 Å². The Morgan fingerprint density at radius 2 is 0.917 bits per heavy atom. The zero-order valence-corrected chi connectivity index (χ0v) is 20.4. The highest BCUT2D eigenvalue weighted by molar-refractivity contribution is 6.21. The first-order valence-electron chi connectivity index (χ1n) is 11.9. The fraction of sp³-hybridized carbons (Fsp3) is 0.200. The van der Waals surface area contributed by atoms with Crippen LogP contribution in [-0.2, 0) is 9.47 Å². The highest BCUT2D eigenvalue weighted by atomic mass is 16.5. The minimum absolute atomic E-state index is 0.470. The van der Waals surface area contributed by atoms with E-state index in [0.717, 1.165) is 43.8 Å². The lowest BCUT2D eigenvalue weighted by molar-refractivity contribution is 0.146. The predicted molar refractivity (Wildman–Crippen MR) is 143 cm³/mol. The van der Waals surface area contributed by atoms with Gasteiger partial charge in [-0.05, 0) is 44.8 Å². The molecule has 0 atom stereocenters. The van der Waals surface area contributed by atoms with Crippen molar-refractivity contribution in [2.75, 3.05) is 40.6 Å². The third kappa shape index (κ3) is 4.87. The second-order valence-electron chi connectivity index (χ2n) is 8.34. The highest BCUT2D eigenvalue weighted by Crippen LogP contribution is 2.44. The van der Waals surface area contributed by atoms with E-state index in [9.17, 15) is 0 Å². The summed E-state index contributed by atoms with van der Waals surface area (Å²) in [6.07, 6.45) is 7.25. The Morgan fingerprint density at radius 1 is 0.528 bits per heavy atom. The van der Waals surface area contributed by atoms with Crippen LogP contribution in [0.4, 0.5) is 0 Å². The van der Waals surface area contributed by atoms with E-state index in [1.807, 2.05) is 24.5 Å². The molecule has 6 heteroatoms. The van der Waals surface area contributed by atoms with E-state index >= 15 is 0 Å². The minimum atomic E-state index is 0.470. The molecule has 0 aliphatic heterocycles. The number of ether oxygens (including phenoxy) is 4. The summed E-state index contributed by atoms with van der Waals surface area (Å²) < 4.78 is 22.0. The van der Waals surface area contributed by atoms with Crippen molar-refractivity contribution < 1.29 is 18.9 Å². The molecule has 0 spiro atoms. The third-order valence-corrected chi connectivity index (χ3v) is 6.05. The summed E-state index contributed by atoms with van der Waals surface area (Å²) in [7, 11) is 3.32. The van der Waals surface area contributed by atoms with E-state index in [1.165, 1.54) is 0 Å². The summed E-state index contributed by atoms with van der Waals surface area (Å²) in [6, 6.07) is 21.0. The Balaban J connectivity index is 1.70. The van der Waals surface area contributed by atoms with Gasteiger partial charge < -0.3 is 18.9 Å². The number of methoxy groups -OCH3 is 2. The third-order valence-electron chi connectivity index (χ3n) is 6.05. The second kappa shape index (κ2) is 11.2. The summed E-state index contributed by atoms with van der Waals surface area (Å²) in [5, 5.41) is 4.53. The number of aromatic nitrogens is 2. The average molecular weight is 481 g/mol. The van der Waals surface area contributed by atoms with Crippen molar-refractivity contribution in [1.29, 1.82) is 0 Å². The Hall–Kier alpha value is -4.00. The lowest BCUT2D eigenvalue weighted by atomic mass is 9.87. The first-order valence-corrected chi connectivity index (χ1v) is 11.9. The van der Waals surface area contributed by atoms with Crippen LogP contribution in [0, 0.1) is 0 Å². The van der Waals surface area contributed by atoms with E-state index in [0.29, 0.717) is 37.9 Å². The Labute approximate surface area is 210 Å². The molecule has 0 unspecified atom stereocenters. The zero-order valence-electron chi connectivity index (χ0n) is 20.4. The first kappa shape index (κ1) is 23.7. The molecular weight excluding hydrogens is 452 g/mol. The van der Waals surface area contributed by atoms with Crippen LogP contribution in [-0.4, -0.2) is 50.6 Å². The first-order chi connectivity index (χ1) is 17.8. The predicted octanol–water partition coefficient (Wildman–Crippen LogP) is 6.17. The van der Waals surface area contributed by atoms with Gasteiger partial charge in [0.15, 0.2) is 0 Å². The van der Waals surface area contributed by atoms with Gasteiger partial charge >= 0.3 is 0 Å². The molecule has 3 aromatic carbocycles. The van der Waals surface area contributed by atoms with Gasteiger partial charge in [0.2, 0.25) is 0 Å². The topological polar surface area (TPSA) is 62.7 Å². The number of benzene rings is 3. The monoisotopic (exact) mass is 480 g/mol. The van der Waals surface area contributed by atoms with Crippen molar-refractivity contribution in [3.63, 3.8) is 0 Å². The molecule has 2 heterocycles. The van der Waals surface area contributed by atoms with Gasteiger partial charge in [-0.3, -0.25) is 9.97 Å². The Morgan fingerprint density at radius 3 is 1.28 bits per heavy atom. The SMILES string of the molecule is COCCOc1cncc(-c2c3ccccc3c(-c3cncc(OCCOC)c3)c3ccccc23)c1. The summed E-state index contributed by atoms with van der Waals surface area (Å²) in [5.41, 5.74) is 4.24. The van der Waals surface area contributed by atoms with Crippen LogP contribution in [0.2, 0.25) is 0 Å². The lowest BCUT2D eigenvalue weighted by Gasteiger charge is -2.18. The maximum Gasteiger partial charge on any atom is 0.138 e. The summed E-state index contributed by atoms with van der Waals surface area (Å²) in [4.78, 5) is 8.96. The van der Waals surface area contributed by atoms with Crippen molar-refractivity contribution >= 4 is 21.5 Å². The van der Waals surface area contributed by atoms with Gasteiger partial charge in [-0.1, -0.05) is 48.5 Å². The Bertz CT molecular complexity index is 1320. The lowest BCUT2D eigenvalue weighted by Crippen LogP contribution is -2.04. The number of hydrogen-bond donors (Lipinski definition) is 0. The van der Waals surface area contributed by atoms with E-state index < -0.39 is 0 Å². The average Bonchev–Trinajstić information content (AvgIpc) is 2.92. The fourth-order valence-corrected chi connectivity index (χ4v) is 4.51. The van der Waals surface area contributed by atoms with Crippen LogP contribution in [0.5, 0.6) is 11.5 Å². The van der Waals surface area contributed by atoms with Gasteiger partial charge in [0.05, 0.1) is 25.6 Å². The molecule has 0 aliphatic rings. The number of fused-ring (bicyclic) bond motifs is 2. The van der Waals surface area contributed by atoms with E-state index in [2.05, 4.69) is 58.5 Å². The Kier molecular flexibility index (Phi) is 7.36. The zero-order chi connectivity index (χ0) is 24.7. The molecule has 36 heavy (non-hydrogen) atoms. The van der Waals surface area contributed by atoms with E-state index in [4.69, 9.17) is 18.9 Å². The molecule has 0 radical (unpaired) electrons. The van der Waals surface area contributed by atoms with E-state index in [1.54, 1.807) is 26.6 Å². The van der Waals surface area contributed by atoms with Gasteiger partial charge in [-0.15, -0.1) is 0 Å². The minimum Gasteiger partial charge on any atom is -0.490 e. The number of rotatable bonds is 10. The molecule has 0 aliphatic carbocycles. The van der Waals surface area contributed by atoms with Crippen LogP contribution >= 0.6 is 0 Å². The van der Waals surface area contributed by atoms with E-state index in [-0.39, 0.29) is 0 Å². The maximum absolute atomic E-state index is 5.86. The van der Waals surface area contributed by atoms with Crippen LogP contribution in [0.25, 0.3) is 43.8 Å². The molecule has 5 rings (SSSR count). The quantitative estimate of drug-likeness (QED) is 0.176. The maximum atomic E-state index is 5.86. The molecule has 0 amide bonds. The van der Waals surface area contributed by atoms with Crippen LogP contribution in [0.3, 0.4) is 0 Å². The summed E-state index contributed by atoms with van der Waals surface area (Å²) in [5.74, 6) is 1.43. The molecular formula is C30H28N2O4. The van der Waals surface area contributed by atoms with Crippen molar-refractivity contribution in [2.45, 2.75) is 0 Å². The standard InChI is InChI=1S/C30H28N2O4/c1-33-11-13-35-23-15-21(17-31-19-23)29-25-7-3-5-9-27(25)30(28-10-6-4-8-26(28)29)22-16-24(20-32-18-22)36-14-12-34-2/h3-10,15-20H,11-14H2,1-2H3. The molecule has 6 nitrogen and oxygen atoms in total. The molecule has 5 aromatic rings. The second-order valence-corrected chi connectivity index (χ2v) is 8.34. The molecule has 0 fully saturated rings. The number of pyridine rings is 2. The van der Waals surface area contributed by atoms with Gasteiger partial charge in [-0.25, -0.2) is 0 Å². The molecule has 0 saturated carbocycles. The van der Waals surface area contributed by atoms with Crippen molar-refractivity contribution in [1.82, 2.24) is 9.97 Å². The normalized spacial score (nSPS) is 11.2. The van der Waals surface area contributed by atoms with Crippen molar-refractivity contribution in [3.8, 4) is 33.8 Å². The molecule has 0 saturated heterocycles. The van der Waals surface area contributed by atoms with Crippen LogP contribution in [0.1, 0.15) is 0 Å². The smallest absolute Gasteiger partial charge is 0.138 e. The van der Waals surface area contributed by atoms with Gasteiger partial charge in [0, 0.05) is 37.7 Å². The fourth-order valence-electron chi connectivity index (χ4n) is 4.51. The molecule has 182 valence electrons. The molecule has 0 N–H and O–H groups in total. The van der Waals surface area contributed by atoms with Crippen molar-refractivity contribution in [3.05, 3.63) is 85.5 Å². The molecule has 2 aromatic heterocycles. The number of hydrogen-bond acceptors (Lipinski definition) is 6. The summed E-state index contributed by atoms with van der Waals surface area (Å²) >= 11 is 0. The van der Waals surface area contributed by atoms with Crippen LogP contribution < -0.4 is 9.47 Å². The molecule has 0 bridgehead atoms. The van der Waals surface area contributed by atoms with Crippen molar-refractivity contribution in [2.24, 2.45) is 0 Å². The summed E-state index contributed by atoms with van der Waals surface area (Å²) in [6.45, 7) is 1.98. The van der Waals surface area contributed by atoms with Gasteiger partial charge in [0.1, 0.15) is 24.7 Å². The highest BCUT2D eigenvalue weighted by Gasteiger charge is 2.17.